The van der Waals surface area contributed by atoms with Crippen molar-refractivity contribution in [2.45, 2.75) is 39.7 Å². The van der Waals surface area contributed by atoms with E-state index in [2.05, 4.69) is 26.4 Å². The summed E-state index contributed by atoms with van der Waals surface area (Å²) >= 11 is 3.44. The highest BCUT2D eigenvalue weighted by Crippen LogP contribution is 2.24. The maximum absolute atomic E-state index is 12.5. The third-order valence-corrected chi connectivity index (χ3v) is 3.83. The van der Waals surface area contributed by atoms with Gasteiger partial charge in [0.05, 0.1) is 11.7 Å². The number of aryl methyl sites for hydroxylation is 1. The first-order valence-electron chi connectivity index (χ1n) is 6.92. The van der Waals surface area contributed by atoms with Crippen molar-refractivity contribution in [3.05, 3.63) is 51.3 Å². The van der Waals surface area contributed by atoms with E-state index in [0.717, 1.165) is 10.0 Å². The number of nitrogens with zero attached hydrogens (tertiary/aromatic N) is 1. The SMILES string of the molecule is Cc1noc(C(C)C)c1C(=O)N[C@H](C)c1cccc(Br)c1. The van der Waals surface area contributed by atoms with E-state index in [0.29, 0.717) is 17.0 Å². The number of benzene rings is 1. The van der Waals surface area contributed by atoms with Gasteiger partial charge in [-0.05, 0) is 31.5 Å². The van der Waals surface area contributed by atoms with Gasteiger partial charge in [-0.2, -0.15) is 0 Å². The first-order chi connectivity index (χ1) is 9.90. The third-order valence-electron chi connectivity index (χ3n) is 3.34. The van der Waals surface area contributed by atoms with E-state index < -0.39 is 0 Å². The zero-order valence-electron chi connectivity index (χ0n) is 12.6. The number of carbonyl (C=O) groups excluding carboxylic acids is 1. The Balaban J connectivity index is 2.20. The quantitative estimate of drug-likeness (QED) is 0.890. The van der Waals surface area contributed by atoms with E-state index in [-0.39, 0.29) is 17.9 Å². The molecule has 21 heavy (non-hydrogen) atoms. The van der Waals surface area contributed by atoms with Gasteiger partial charge in [0.15, 0.2) is 5.76 Å². The molecule has 4 nitrogen and oxygen atoms in total. The number of hydrogen-bond donors (Lipinski definition) is 1. The third kappa shape index (κ3) is 3.53. The largest absolute Gasteiger partial charge is 0.360 e. The smallest absolute Gasteiger partial charge is 0.257 e. The lowest BCUT2D eigenvalue weighted by atomic mass is 10.0. The molecule has 0 fully saturated rings. The maximum atomic E-state index is 12.5. The van der Waals surface area contributed by atoms with E-state index in [1.54, 1.807) is 6.92 Å². The maximum Gasteiger partial charge on any atom is 0.257 e. The summed E-state index contributed by atoms with van der Waals surface area (Å²) < 4.78 is 6.26. The van der Waals surface area contributed by atoms with E-state index >= 15 is 0 Å². The molecule has 1 N–H and O–H groups in total. The second-order valence-corrected chi connectivity index (χ2v) is 6.33. The van der Waals surface area contributed by atoms with Crippen LogP contribution in [0.25, 0.3) is 0 Å². The molecule has 2 aromatic rings. The summed E-state index contributed by atoms with van der Waals surface area (Å²) in [6, 6.07) is 7.80. The molecular formula is C16H19BrN2O2. The molecule has 5 heteroatoms. The average Bonchev–Trinajstić information content (AvgIpc) is 2.80. The van der Waals surface area contributed by atoms with E-state index in [4.69, 9.17) is 4.52 Å². The number of rotatable bonds is 4. The first-order valence-corrected chi connectivity index (χ1v) is 7.72. The Hall–Kier alpha value is -1.62. The van der Waals surface area contributed by atoms with Crippen molar-refractivity contribution >= 4 is 21.8 Å². The molecule has 0 saturated heterocycles. The summed E-state index contributed by atoms with van der Waals surface area (Å²) in [6.45, 7) is 7.70. The summed E-state index contributed by atoms with van der Waals surface area (Å²) in [6.07, 6.45) is 0. The van der Waals surface area contributed by atoms with Crippen LogP contribution in [0.5, 0.6) is 0 Å². The zero-order chi connectivity index (χ0) is 15.6. The van der Waals surface area contributed by atoms with Crippen LogP contribution in [0.3, 0.4) is 0 Å². The van der Waals surface area contributed by atoms with Crippen LogP contribution in [0.15, 0.2) is 33.3 Å². The van der Waals surface area contributed by atoms with Gasteiger partial charge in [0.1, 0.15) is 5.56 Å². The standard InChI is InChI=1S/C16H19BrN2O2/c1-9(2)15-14(11(4)19-21-15)16(20)18-10(3)12-6-5-7-13(17)8-12/h5-10H,1-4H3,(H,18,20)/t10-/m1/s1. The van der Waals surface area contributed by atoms with E-state index in [9.17, 15) is 4.79 Å². The Labute approximate surface area is 133 Å². The molecule has 0 aliphatic rings. The fraction of sp³-hybridized carbons (Fsp3) is 0.375. The normalized spacial score (nSPS) is 12.5. The van der Waals surface area contributed by atoms with Crippen molar-refractivity contribution in [3.8, 4) is 0 Å². The van der Waals surface area contributed by atoms with Crippen LogP contribution in [-0.2, 0) is 0 Å². The summed E-state index contributed by atoms with van der Waals surface area (Å²) in [5.74, 6) is 0.601. The lowest BCUT2D eigenvalue weighted by Crippen LogP contribution is -2.27. The molecule has 1 heterocycles. The van der Waals surface area contributed by atoms with Gasteiger partial charge in [0.2, 0.25) is 0 Å². The fourth-order valence-electron chi connectivity index (χ4n) is 2.19. The number of nitrogens with one attached hydrogen (secondary N) is 1. The van der Waals surface area contributed by atoms with Crippen LogP contribution in [0.1, 0.15) is 60.1 Å². The highest BCUT2D eigenvalue weighted by molar-refractivity contribution is 9.10. The van der Waals surface area contributed by atoms with Gasteiger partial charge >= 0.3 is 0 Å². The molecule has 1 atom stereocenters. The van der Waals surface area contributed by atoms with Gasteiger partial charge in [-0.3, -0.25) is 4.79 Å². The van der Waals surface area contributed by atoms with Crippen molar-refractivity contribution in [2.75, 3.05) is 0 Å². The molecule has 0 aliphatic carbocycles. The summed E-state index contributed by atoms with van der Waals surface area (Å²) in [7, 11) is 0. The first kappa shape index (κ1) is 15.8. The molecule has 0 bridgehead atoms. The minimum absolute atomic E-state index is 0.0932. The number of halogens is 1. The Bertz CT molecular complexity index is 649. The van der Waals surface area contributed by atoms with Crippen LogP contribution in [0.4, 0.5) is 0 Å². The molecule has 2 rings (SSSR count). The topological polar surface area (TPSA) is 55.1 Å². The predicted octanol–water partition coefficient (Wildman–Crippen LogP) is 4.36. The predicted molar refractivity (Wildman–Crippen MR) is 85.4 cm³/mol. The van der Waals surface area contributed by atoms with Crippen LogP contribution >= 0.6 is 15.9 Å². The number of hydrogen-bond acceptors (Lipinski definition) is 3. The fourth-order valence-corrected chi connectivity index (χ4v) is 2.60. The van der Waals surface area contributed by atoms with Gasteiger partial charge in [-0.1, -0.05) is 47.1 Å². The minimum atomic E-state index is -0.148. The van der Waals surface area contributed by atoms with Crippen LogP contribution in [0.2, 0.25) is 0 Å². The number of amides is 1. The molecule has 112 valence electrons. The molecular weight excluding hydrogens is 332 g/mol. The molecule has 0 aliphatic heterocycles. The molecule has 0 saturated carbocycles. The van der Waals surface area contributed by atoms with E-state index in [1.807, 2.05) is 45.0 Å². The summed E-state index contributed by atoms with van der Waals surface area (Å²) in [4.78, 5) is 12.5. The monoisotopic (exact) mass is 350 g/mol. The van der Waals surface area contributed by atoms with E-state index in [1.165, 1.54) is 0 Å². The molecule has 0 spiro atoms. The second kappa shape index (κ2) is 6.43. The van der Waals surface area contributed by atoms with Crippen molar-refractivity contribution in [3.63, 3.8) is 0 Å². The Kier molecular flexibility index (Phi) is 4.83. The van der Waals surface area contributed by atoms with Crippen LogP contribution < -0.4 is 5.32 Å². The van der Waals surface area contributed by atoms with Crippen molar-refractivity contribution < 1.29 is 9.32 Å². The Morgan fingerprint density at radius 3 is 2.67 bits per heavy atom. The highest BCUT2D eigenvalue weighted by Gasteiger charge is 2.23. The van der Waals surface area contributed by atoms with Crippen LogP contribution in [-0.4, -0.2) is 11.1 Å². The molecule has 0 radical (unpaired) electrons. The molecule has 0 unspecified atom stereocenters. The van der Waals surface area contributed by atoms with Crippen molar-refractivity contribution in [1.29, 1.82) is 0 Å². The summed E-state index contributed by atoms with van der Waals surface area (Å²) in [5.41, 5.74) is 2.21. The van der Waals surface area contributed by atoms with Gasteiger partial charge < -0.3 is 9.84 Å². The summed E-state index contributed by atoms with van der Waals surface area (Å²) in [5, 5.41) is 6.91. The van der Waals surface area contributed by atoms with Gasteiger partial charge in [0, 0.05) is 10.4 Å². The van der Waals surface area contributed by atoms with Crippen molar-refractivity contribution in [1.82, 2.24) is 10.5 Å². The van der Waals surface area contributed by atoms with Gasteiger partial charge in [0.25, 0.3) is 5.91 Å². The van der Waals surface area contributed by atoms with Gasteiger partial charge in [-0.15, -0.1) is 0 Å². The number of carbonyl (C=O) groups is 1. The van der Waals surface area contributed by atoms with Gasteiger partial charge in [-0.25, -0.2) is 0 Å². The highest BCUT2D eigenvalue weighted by atomic mass is 79.9. The second-order valence-electron chi connectivity index (χ2n) is 5.41. The molecule has 1 amide bonds. The zero-order valence-corrected chi connectivity index (χ0v) is 14.2. The number of aromatic nitrogens is 1. The van der Waals surface area contributed by atoms with Crippen molar-refractivity contribution in [2.24, 2.45) is 0 Å². The minimum Gasteiger partial charge on any atom is -0.360 e. The molecule has 1 aromatic heterocycles. The lowest BCUT2D eigenvalue weighted by molar-refractivity contribution is 0.0937. The Morgan fingerprint density at radius 1 is 1.33 bits per heavy atom. The Morgan fingerprint density at radius 2 is 2.05 bits per heavy atom. The lowest BCUT2D eigenvalue weighted by Gasteiger charge is -2.15. The molecule has 1 aromatic carbocycles. The average molecular weight is 351 g/mol. The van der Waals surface area contributed by atoms with Crippen LogP contribution in [0, 0.1) is 6.92 Å².